The van der Waals surface area contributed by atoms with E-state index in [1.807, 2.05) is 18.2 Å². The molecule has 7 heteroatoms. The third-order valence-corrected chi connectivity index (χ3v) is 4.25. The summed E-state index contributed by atoms with van der Waals surface area (Å²) >= 11 is 0. The Morgan fingerprint density at radius 2 is 1.57 bits per heavy atom. The zero-order chi connectivity index (χ0) is 20.3. The molecule has 0 spiro atoms. The average Bonchev–Trinajstić information content (AvgIpc) is 2.66. The maximum Gasteiger partial charge on any atom is 0.418 e. The van der Waals surface area contributed by atoms with Crippen molar-refractivity contribution in [3.05, 3.63) is 77.9 Å². The van der Waals surface area contributed by atoms with Crippen molar-refractivity contribution in [2.75, 3.05) is 18.9 Å². The van der Waals surface area contributed by atoms with Crippen LogP contribution in [0.4, 0.5) is 18.9 Å². The summed E-state index contributed by atoms with van der Waals surface area (Å²) in [6.07, 6.45) is -4.59. The standard InChI is InChI=1S/C21H17F3N2O2/c1-26(20(28)16-10-6-8-14-7-2-3-9-15(14)16)13-19(27)25-18-12-5-4-11-17(18)21(22,23)24/h2-12H,13H2,1H3,(H,25,27). The number of fused-ring (bicyclic) bond motifs is 1. The maximum absolute atomic E-state index is 13.0. The molecule has 0 aliphatic carbocycles. The highest BCUT2D eigenvalue weighted by Crippen LogP contribution is 2.34. The molecule has 0 fully saturated rings. The van der Waals surface area contributed by atoms with Crippen molar-refractivity contribution >= 4 is 28.3 Å². The van der Waals surface area contributed by atoms with Gasteiger partial charge in [0.15, 0.2) is 0 Å². The number of nitrogens with one attached hydrogen (secondary N) is 1. The minimum absolute atomic E-state index is 0.342. The highest BCUT2D eigenvalue weighted by Gasteiger charge is 2.33. The minimum atomic E-state index is -4.59. The topological polar surface area (TPSA) is 49.4 Å². The lowest BCUT2D eigenvalue weighted by atomic mass is 10.0. The molecule has 144 valence electrons. The number of nitrogens with zero attached hydrogens (tertiary/aromatic N) is 1. The molecule has 3 rings (SSSR count). The molecule has 4 nitrogen and oxygen atoms in total. The molecule has 0 heterocycles. The molecule has 0 bridgehead atoms. The Bertz CT molecular complexity index is 1030. The molecule has 2 amide bonds. The number of carbonyl (C=O) groups excluding carboxylic acids is 2. The van der Waals surface area contributed by atoms with Crippen LogP contribution in [-0.4, -0.2) is 30.3 Å². The normalized spacial score (nSPS) is 11.3. The van der Waals surface area contributed by atoms with Gasteiger partial charge in [0.25, 0.3) is 5.91 Å². The van der Waals surface area contributed by atoms with Gasteiger partial charge in [0.2, 0.25) is 5.91 Å². The van der Waals surface area contributed by atoms with E-state index >= 15 is 0 Å². The zero-order valence-corrected chi connectivity index (χ0v) is 15.0. The summed E-state index contributed by atoms with van der Waals surface area (Å²) in [5, 5.41) is 3.86. The van der Waals surface area contributed by atoms with Gasteiger partial charge < -0.3 is 10.2 Å². The van der Waals surface area contributed by atoms with Gasteiger partial charge >= 0.3 is 6.18 Å². The fourth-order valence-electron chi connectivity index (χ4n) is 2.93. The first kappa shape index (κ1) is 19.4. The Balaban J connectivity index is 1.75. The Morgan fingerprint density at radius 1 is 0.929 bits per heavy atom. The Kier molecular flexibility index (Phi) is 5.35. The molecule has 28 heavy (non-hydrogen) atoms. The van der Waals surface area contributed by atoms with Gasteiger partial charge in [-0.15, -0.1) is 0 Å². The predicted octanol–water partition coefficient (Wildman–Crippen LogP) is 4.57. The summed E-state index contributed by atoms with van der Waals surface area (Å²) in [6.45, 7) is -0.381. The molecular formula is C21H17F3N2O2. The van der Waals surface area contributed by atoms with E-state index in [1.54, 1.807) is 24.3 Å². The largest absolute Gasteiger partial charge is 0.418 e. The van der Waals surface area contributed by atoms with E-state index in [1.165, 1.54) is 30.1 Å². The number of alkyl halides is 3. The summed E-state index contributed by atoms with van der Waals surface area (Å²) in [6, 6.07) is 17.3. The van der Waals surface area contributed by atoms with Crippen LogP contribution in [0.5, 0.6) is 0 Å². The van der Waals surface area contributed by atoms with Crippen LogP contribution in [0.25, 0.3) is 10.8 Å². The van der Waals surface area contributed by atoms with E-state index in [-0.39, 0.29) is 12.2 Å². The molecule has 0 saturated heterocycles. The molecule has 3 aromatic carbocycles. The molecular weight excluding hydrogens is 369 g/mol. The second kappa shape index (κ2) is 7.72. The van der Waals surface area contributed by atoms with Crippen LogP contribution in [0.1, 0.15) is 15.9 Å². The third kappa shape index (κ3) is 4.14. The van der Waals surface area contributed by atoms with Gasteiger partial charge in [-0.25, -0.2) is 0 Å². The third-order valence-electron chi connectivity index (χ3n) is 4.25. The average molecular weight is 386 g/mol. The van der Waals surface area contributed by atoms with Gasteiger partial charge in [-0.05, 0) is 29.0 Å². The fraction of sp³-hybridized carbons (Fsp3) is 0.143. The lowest BCUT2D eigenvalue weighted by molar-refractivity contribution is -0.137. The summed E-state index contributed by atoms with van der Waals surface area (Å²) in [4.78, 5) is 26.1. The molecule has 0 radical (unpaired) electrons. The van der Waals surface area contributed by atoms with E-state index in [2.05, 4.69) is 5.32 Å². The van der Waals surface area contributed by atoms with Crippen molar-refractivity contribution < 1.29 is 22.8 Å². The van der Waals surface area contributed by atoms with Crippen molar-refractivity contribution in [2.45, 2.75) is 6.18 Å². The van der Waals surface area contributed by atoms with E-state index in [4.69, 9.17) is 0 Å². The molecule has 0 saturated carbocycles. The molecule has 1 N–H and O–H groups in total. The first-order valence-electron chi connectivity index (χ1n) is 8.46. The minimum Gasteiger partial charge on any atom is -0.332 e. The lowest BCUT2D eigenvalue weighted by Gasteiger charge is -2.19. The van der Waals surface area contributed by atoms with Crippen molar-refractivity contribution in [3.63, 3.8) is 0 Å². The van der Waals surface area contributed by atoms with Gasteiger partial charge in [-0.1, -0.05) is 48.5 Å². The maximum atomic E-state index is 13.0. The Morgan fingerprint density at radius 3 is 2.32 bits per heavy atom. The number of halogens is 3. The fourth-order valence-corrected chi connectivity index (χ4v) is 2.93. The van der Waals surface area contributed by atoms with Crippen molar-refractivity contribution in [2.24, 2.45) is 0 Å². The quantitative estimate of drug-likeness (QED) is 0.714. The van der Waals surface area contributed by atoms with Gasteiger partial charge in [-0.3, -0.25) is 9.59 Å². The van der Waals surface area contributed by atoms with Crippen LogP contribution >= 0.6 is 0 Å². The molecule has 0 aliphatic heterocycles. The summed E-state index contributed by atoms with van der Waals surface area (Å²) < 4.78 is 39.1. The van der Waals surface area contributed by atoms with Crippen LogP contribution < -0.4 is 5.32 Å². The summed E-state index contributed by atoms with van der Waals surface area (Å²) in [5.41, 5.74) is -0.860. The number of amides is 2. The van der Waals surface area contributed by atoms with E-state index in [9.17, 15) is 22.8 Å². The molecule has 3 aromatic rings. The van der Waals surface area contributed by atoms with Crippen molar-refractivity contribution in [1.82, 2.24) is 4.90 Å². The van der Waals surface area contributed by atoms with Crippen molar-refractivity contribution in [3.8, 4) is 0 Å². The first-order valence-corrected chi connectivity index (χ1v) is 8.46. The second-order valence-corrected chi connectivity index (χ2v) is 6.28. The monoisotopic (exact) mass is 386 g/mol. The number of hydrogen-bond acceptors (Lipinski definition) is 2. The van der Waals surface area contributed by atoms with Gasteiger partial charge in [0.05, 0.1) is 17.8 Å². The molecule has 0 unspecified atom stereocenters. The SMILES string of the molecule is CN(CC(=O)Nc1ccccc1C(F)(F)F)C(=O)c1cccc2ccccc12. The molecule has 0 atom stereocenters. The van der Waals surface area contributed by atoms with E-state index < -0.39 is 23.6 Å². The van der Waals surface area contributed by atoms with Crippen LogP contribution in [0.2, 0.25) is 0 Å². The Labute approximate surface area is 159 Å². The summed E-state index contributed by atoms with van der Waals surface area (Å²) in [7, 11) is 1.43. The second-order valence-electron chi connectivity index (χ2n) is 6.28. The highest BCUT2D eigenvalue weighted by atomic mass is 19.4. The number of benzene rings is 3. The Hall–Kier alpha value is -3.35. The zero-order valence-electron chi connectivity index (χ0n) is 15.0. The molecule has 0 aromatic heterocycles. The number of anilines is 1. The van der Waals surface area contributed by atoms with Crippen LogP contribution in [-0.2, 0) is 11.0 Å². The number of carbonyl (C=O) groups is 2. The van der Waals surface area contributed by atoms with Gasteiger partial charge in [0, 0.05) is 12.6 Å². The van der Waals surface area contributed by atoms with E-state index in [0.29, 0.717) is 5.56 Å². The number of para-hydroxylation sites is 1. The van der Waals surface area contributed by atoms with Gasteiger partial charge in [0.1, 0.15) is 0 Å². The van der Waals surface area contributed by atoms with Crippen LogP contribution in [0, 0.1) is 0 Å². The molecule has 0 aliphatic rings. The number of likely N-dealkylation sites (N-methyl/N-ethyl adjacent to an activating group) is 1. The first-order chi connectivity index (χ1) is 13.3. The summed E-state index contributed by atoms with van der Waals surface area (Å²) in [5.74, 6) is -1.11. The van der Waals surface area contributed by atoms with Crippen molar-refractivity contribution in [1.29, 1.82) is 0 Å². The number of rotatable bonds is 4. The smallest absolute Gasteiger partial charge is 0.332 e. The highest BCUT2D eigenvalue weighted by molar-refractivity contribution is 6.08. The number of hydrogen-bond donors (Lipinski definition) is 1. The van der Waals surface area contributed by atoms with Crippen LogP contribution in [0.15, 0.2) is 66.7 Å². The van der Waals surface area contributed by atoms with Gasteiger partial charge in [-0.2, -0.15) is 13.2 Å². The van der Waals surface area contributed by atoms with Crippen LogP contribution in [0.3, 0.4) is 0 Å². The predicted molar refractivity (Wildman–Crippen MR) is 101 cm³/mol. The van der Waals surface area contributed by atoms with E-state index in [0.717, 1.165) is 16.8 Å². The lowest BCUT2D eigenvalue weighted by Crippen LogP contribution is -2.35.